The lowest BCUT2D eigenvalue weighted by atomic mass is 10.2. The lowest BCUT2D eigenvalue weighted by molar-refractivity contribution is 0.546. The van der Waals surface area contributed by atoms with E-state index in [1.807, 2.05) is 0 Å². The highest BCUT2D eigenvalue weighted by Gasteiger charge is 2.16. The van der Waals surface area contributed by atoms with Crippen LogP contribution >= 0.6 is 11.6 Å². The summed E-state index contributed by atoms with van der Waals surface area (Å²) >= 11 is 5.90. The summed E-state index contributed by atoms with van der Waals surface area (Å²) in [5, 5.41) is 3.52. The Morgan fingerprint density at radius 1 is 1.28 bits per heavy atom. The number of hydrogen-bond donors (Lipinski definition) is 1. The summed E-state index contributed by atoms with van der Waals surface area (Å²) < 4.78 is 24.1. The van der Waals surface area contributed by atoms with Crippen LogP contribution in [0.15, 0.2) is 29.2 Å². The first-order chi connectivity index (χ1) is 8.43. The van der Waals surface area contributed by atoms with Crippen molar-refractivity contribution in [1.82, 2.24) is 5.32 Å². The normalized spacial score (nSPS) is 12.0. The van der Waals surface area contributed by atoms with Crippen molar-refractivity contribution in [3.05, 3.63) is 29.3 Å². The van der Waals surface area contributed by atoms with E-state index in [1.165, 1.54) is 0 Å². The molecule has 0 radical (unpaired) electrons. The van der Waals surface area contributed by atoms with E-state index in [0.717, 1.165) is 6.54 Å². The quantitative estimate of drug-likeness (QED) is 0.785. The average Bonchev–Trinajstić information content (AvgIpc) is 2.28. The van der Waals surface area contributed by atoms with Crippen LogP contribution in [0.2, 0.25) is 5.02 Å². The maximum Gasteiger partial charge on any atom is 0.179 e. The predicted molar refractivity (Wildman–Crippen MR) is 75.8 cm³/mol. The second-order valence-electron chi connectivity index (χ2n) is 4.70. The average molecular weight is 290 g/mol. The van der Waals surface area contributed by atoms with Crippen molar-refractivity contribution < 1.29 is 8.42 Å². The number of benzene rings is 1. The molecule has 1 aromatic rings. The largest absolute Gasteiger partial charge is 0.316 e. The van der Waals surface area contributed by atoms with Crippen LogP contribution in [0.5, 0.6) is 0 Å². The first-order valence-electron chi connectivity index (χ1n) is 6.11. The second-order valence-corrected chi connectivity index (χ2v) is 7.19. The fourth-order valence-electron chi connectivity index (χ4n) is 1.58. The maximum absolute atomic E-state index is 12.0. The van der Waals surface area contributed by atoms with Crippen molar-refractivity contribution in [3.63, 3.8) is 0 Å². The Kier molecular flexibility index (Phi) is 6.12. The Morgan fingerprint density at radius 3 is 2.56 bits per heavy atom. The van der Waals surface area contributed by atoms with Crippen LogP contribution in [0.1, 0.15) is 20.3 Å². The van der Waals surface area contributed by atoms with Gasteiger partial charge in [0.2, 0.25) is 0 Å². The summed E-state index contributed by atoms with van der Waals surface area (Å²) in [6, 6.07) is 6.58. The predicted octanol–water partition coefficient (Wildman–Crippen LogP) is 2.75. The molecule has 1 N–H and O–H groups in total. The molecule has 0 unspecified atom stereocenters. The SMILES string of the molecule is CC(C)CNCCCS(=O)(=O)c1ccccc1Cl. The first-order valence-corrected chi connectivity index (χ1v) is 8.14. The third-order valence-electron chi connectivity index (χ3n) is 2.49. The van der Waals surface area contributed by atoms with E-state index in [9.17, 15) is 8.42 Å². The Labute approximate surface area is 114 Å². The Hall–Kier alpha value is -0.580. The van der Waals surface area contributed by atoms with Crippen molar-refractivity contribution in [1.29, 1.82) is 0 Å². The minimum absolute atomic E-state index is 0.127. The van der Waals surface area contributed by atoms with E-state index in [4.69, 9.17) is 11.6 Å². The molecule has 102 valence electrons. The molecule has 0 fully saturated rings. The summed E-state index contributed by atoms with van der Waals surface area (Å²) in [6.45, 7) is 5.86. The standard InChI is InChI=1S/C13H20ClNO2S/c1-11(2)10-15-8-5-9-18(16,17)13-7-4-3-6-12(13)14/h3-4,6-7,11,15H,5,8-10H2,1-2H3. The lowest BCUT2D eigenvalue weighted by Gasteiger charge is -2.08. The van der Waals surface area contributed by atoms with Gasteiger partial charge in [0.05, 0.1) is 15.7 Å². The zero-order valence-corrected chi connectivity index (χ0v) is 12.4. The van der Waals surface area contributed by atoms with Crippen molar-refractivity contribution in [2.24, 2.45) is 5.92 Å². The van der Waals surface area contributed by atoms with E-state index in [-0.39, 0.29) is 10.6 Å². The minimum Gasteiger partial charge on any atom is -0.316 e. The number of hydrogen-bond acceptors (Lipinski definition) is 3. The number of nitrogens with one attached hydrogen (secondary N) is 1. The van der Waals surface area contributed by atoms with Gasteiger partial charge in [-0.05, 0) is 37.6 Å². The second kappa shape index (κ2) is 7.12. The molecule has 0 bridgehead atoms. The van der Waals surface area contributed by atoms with Gasteiger partial charge in [-0.2, -0.15) is 0 Å². The molecule has 0 aliphatic rings. The van der Waals surface area contributed by atoms with Gasteiger partial charge < -0.3 is 5.32 Å². The van der Waals surface area contributed by atoms with Crippen LogP contribution < -0.4 is 5.32 Å². The molecule has 1 rings (SSSR count). The molecule has 0 saturated heterocycles. The van der Waals surface area contributed by atoms with Crippen molar-refractivity contribution in [2.45, 2.75) is 25.2 Å². The van der Waals surface area contributed by atoms with Gasteiger partial charge in [-0.3, -0.25) is 0 Å². The highest BCUT2D eigenvalue weighted by Crippen LogP contribution is 2.21. The van der Waals surface area contributed by atoms with Gasteiger partial charge in [0.25, 0.3) is 0 Å². The van der Waals surface area contributed by atoms with Crippen molar-refractivity contribution >= 4 is 21.4 Å². The first kappa shape index (κ1) is 15.5. The van der Waals surface area contributed by atoms with E-state index in [0.29, 0.717) is 23.9 Å². The van der Waals surface area contributed by atoms with E-state index >= 15 is 0 Å². The highest BCUT2D eigenvalue weighted by molar-refractivity contribution is 7.91. The van der Waals surface area contributed by atoms with Crippen molar-refractivity contribution in [3.8, 4) is 0 Å². The zero-order chi connectivity index (χ0) is 13.6. The molecule has 5 heteroatoms. The van der Waals surface area contributed by atoms with Gasteiger partial charge in [0.1, 0.15) is 0 Å². The molecule has 0 atom stereocenters. The van der Waals surface area contributed by atoms with Crippen LogP contribution in [-0.2, 0) is 9.84 Å². The van der Waals surface area contributed by atoms with Gasteiger partial charge in [-0.1, -0.05) is 37.6 Å². The Balaban J connectivity index is 2.49. The lowest BCUT2D eigenvalue weighted by Crippen LogP contribution is -2.22. The smallest absolute Gasteiger partial charge is 0.179 e. The molecule has 0 amide bonds. The number of sulfone groups is 1. The van der Waals surface area contributed by atoms with E-state index in [1.54, 1.807) is 24.3 Å². The van der Waals surface area contributed by atoms with Gasteiger partial charge in [-0.15, -0.1) is 0 Å². The molecule has 1 aromatic carbocycles. The molecular weight excluding hydrogens is 270 g/mol. The van der Waals surface area contributed by atoms with Crippen LogP contribution in [-0.4, -0.2) is 27.3 Å². The third-order valence-corrected chi connectivity index (χ3v) is 4.78. The minimum atomic E-state index is -3.26. The molecule has 18 heavy (non-hydrogen) atoms. The fourth-order valence-corrected chi connectivity index (χ4v) is 3.47. The van der Waals surface area contributed by atoms with Gasteiger partial charge in [-0.25, -0.2) is 8.42 Å². The molecule has 0 aliphatic heterocycles. The maximum atomic E-state index is 12.0. The summed E-state index contributed by atoms with van der Waals surface area (Å²) in [5.74, 6) is 0.701. The Morgan fingerprint density at radius 2 is 1.94 bits per heavy atom. The summed E-state index contributed by atoms with van der Waals surface area (Å²) in [6.07, 6.45) is 0.597. The van der Waals surface area contributed by atoms with E-state index < -0.39 is 9.84 Å². The van der Waals surface area contributed by atoms with Crippen LogP contribution in [0.25, 0.3) is 0 Å². The number of halogens is 1. The van der Waals surface area contributed by atoms with Gasteiger partial charge >= 0.3 is 0 Å². The molecule has 0 aliphatic carbocycles. The van der Waals surface area contributed by atoms with Crippen LogP contribution in [0, 0.1) is 5.92 Å². The highest BCUT2D eigenvalue weighted by atomic mass is 35.5. The van der Waals surface area contributed by atoms with Gasteiger partial charge in [0, 0.05) is 0 Å². The number of rotatable bonds is 7. The molecule has 0 heterocycles. The molecule has 0 spiro atoms. The zero-order valence-electron chi connectivity index (χ0n) is 10.8. The molecular formula is C13H20ClNO2S. The molecule has 0 aromatic heterocycles. The topological polar surface area (TPSA) is 46.2 Å². The Bertz CT molecular complexity index is 472. The molecule has 0 saturated carbocycles. The molecule has 3 nitrogen and oxygen atoms in total. The third kappa shape index (κ3) is 4.96. The van der Waals surface area contributed by atoms with Crippen LogP contribution in [0.4, 0.5) is 0 Å². The van der Waals surface area contributed by atoms with Gasteiger partial charge in [0.15, 0.2) is 9.84 Å². The summed E-state index contributed by atoms with van der Waals surface area (Å²) in [5.41, 5.74) is 0. The summed E-state index contributed by atoms with van der Waals surface area (Å²) in [4.78, 5) is 0.232. The van der Waals surface area contributed by atoms with Crippen molar-refractivity contribution in [2.75, 3.05) is 18.8 Å². The van der Waals surface area contributed by atoms with E-state index in [2.05, 4.69) is 19.2 Å². The summed E-state index contributed by atoms with van der Waals surface area (Å²) in [7, 11) is -3.26. The fraction of sp³-hybridized carbons (Fsp3) is 0.538. The van der Waals surface area contributed by atoms with Crippen LogP contribution in [0.3, 0.4) is 0 Å². The monoisotopic (exact) mass is 289 g/mol.